The van der Waals surface area contributed by atoms with Crippen LogP contribution in [-0.2, 0) is 0 Å². The van der Waals surface area contributed by atoms with Crippen molar-refractivity contribution in [1.29, 1.82) is 0 Å². The van der Waals surface area contributed by atoms with Crippen LogP contribution >= 0.6 is 31.9 Å². The molecular formula is C18H22Br2N2. The predicted octanol–water partition coefficient (Wildman–Crippen LogP) is 4.99. The van der Waals surface area contributed by atoms with Gasteiger partial charge in [0.25, 0.3) is 0 Å². The summed E-state index contributed by atoms with van der Waals surface area (Å²) in [5, 5.41) is 0. The van der Waals surface area contributed by atoms with Gasteiger partial charge < -0.3 is 0 Å². The number of benzene rings is 1. The van der Waals surface area contributed by atoms with Gasteiger partial charge >= 0.3 is 0 Å². The monoisotopic (exact) mass is 424 g/mol. The number of halogens is 2. The lowest BCUT2D eigenvalue weighted by molar-refractivity contribution is 0.270. The van der Waals surface area contributed by atoms with Crippen LogP contribution in [0.5, 0.6) is 0 Å². The maximum atomic E-state index is 3.70. The summed E-state index contributed by atoms with van der Waals surface area (Å²) in [7, 11) is 0. The van der Waals surface area contributed by atoms with Gasteiger partial charge in [0, 0.05) is 13.1 Å². The average molecular weight is 426 g/mol. The van der Waals surface area contributed by atoms with Gasteiger partial charge in [-0.2, -0.15) is 0 Å². The summed E-state index contributed by atoms with van der Waals surface area (Å²) in [5.41, 5.74) is 2.73. The number of nitrogens with zero attached hydrogens (tertiary/aromatic N) is 2. The van der Waals surface area contributed by atoms with Gasteiger partial charge in [-0.3, -0.25) is 9.80 Å². The van der Waals surface area contributed by atoms with Crippen LogP contribution in [0, 0.1) is 0 Å². The fraction of sp³-hybridized carbons (Fsp3) is 0.444. The quantitative estimate of drug-likeness (QED) is 0.380. The molecule has 1 aromatic carbocycles. The normalized spacial score (nSPS) is 28.4. The highest BCUT2D eigenvalue weighted by Gasteiger charge is 2.26. The third-order valence-electron chi connectivity index (χ3n) is 4.52. The van der Waals surface area contributed by atoms with Gasteiger partial charge in [-0.15, -0.1) is 0 Å². The van der Waals surface area contributed by atoms with E-state index in [2.05, 4.69) is 104 Å². The first kappa shape index (κ1) is 16.4. The Bertz CT molecular complexity index is 512. The summed E-state index contributed by atoms with van der Waals surface area (Å²) in [6, 6.07) is 9.88. The SMILES string of the molecule is CC(Br)N1CC=CC1c1ccc(C2C=CCN2C(C)Br)cc1. The molecule has 0 aromatic heterocycles. The Balaban J connectivity index is 1.78. The van der Waals surface area contributed by atoms with Gasteiger partial charge in [-0.05, 0) is 25.0 Å². The molecule has 2 nitrogen and oxygen atoms in total. The van der Waals surface area contributed by atoms with E-state index < -0.39 is 0 Å². The van der Waals surface area contributed by atoms with E-state index in [0.29, 0.717) is 22.0 Å². The first-order chi connectivity index (χ1) is 10.6. The second-order valence-electron chi connectivity index (χ2n) is 5.95. The highest BCUT2D eigenvalue weighted by molar-refractivity contribution is 9.09. The molecule has 0 aliphatic carbocycles. The van der Waals surface area contributed by atoms with E-state index in [1.807, 2.05) is 0 Å². The average Bonchev–Trinajstić information content (AvgIpc) is 3.16. The first-order valence-corrected chi connectivity index (χ1v) is 9.64. The maximum Gasteiger partial charge on any atom is 0.0637 e. The molecule has 0 N–H and O–H groups in total. The van der Waals surface area contributed by atoms with E-state index >= 15 is 0 Å². The van der Waals surface area contributed by atoms with Crippen molar-refractivity contribution in [1.82, 2.24) is 9.80 Å². The molecule has 0 bridgehead atoms. The number of hydrogen-bond donors (Lipinski definition) is 0. The van der Waals surface area contributed by atoms with Gasteiger partial charge in [0.15, 0.2) is 0 Å². The molecule has 0 saturated carbocycles. The van der Waals surface area contributed by atoms with E-state index in [1.54, 1.807) is 0 Å². The molecule has 0 radical (unpaired) electrons. The standard InChI is InChI=1S/C18H22Br2N2/c1-13(19)21-11-3-5-17(21)15-7-9-16(10-8-15)18-6-4-12-22(18)14(2)20/h3-10,13-14,17-18H,11-12H2,1-2H3. The minimum Gasteiger partial charge on any atom is -0.277 e. The Kier molecular flexibility index (Phi) is 5.23. The van der Waals surface area contributed by atoms with Crippen molar-refractivity contribution in [3.05, 3.63) is 59.7 Å². The van der Waals surface area contributed by atoms with Crippen molar-refractivity contribution in [2.24, 2.45) is 0 Å². The summed E-state index contributed by atoms with van der Waals surface area (Å²) in [4.78, 5) is 5.65. The number of hydrogen-bond acceptors (Lipinski definition) is 2. The van der Waals surface area contributed by atoms with Crippen molar-refractivity contribution in [2.75, 3.05) is 13.1 Å². The van der Waals surface area contributed by atoms with Crippen molar-refractivity contribution in [3.63, 3.8) is 0 Å². The molecule has 4 heteroatoms. The highest BCUT2D eigenvalue weighted by atomic mass is 79.9. The van der Waals surface area contributed by atoms with Crippen molar-refractivity contribution < 1.29 is 0 Å². The van der Waals surface area contributed by atoms with Crippen LogP contribution in [0.2, 0.25) is 0 Å². The molecule has 2 aliphatic heterocycles. The van der Waals surface area contributed by atoms with Gasteiger partial charge in [0.1, 0.15) is 0 Å². The van der Waals surface area contributed by atoms with E-state index in [4.69, 9.17) is 0 Å². The smallest absolute Gasteiger partial charge is 0.0637 e. The zero-order chi connectivity index (χ0) is 15.7. The molecule has 4 unspecified atom stereocenters. The Labute approximate surface area is 150 Å². The molecule has 0 spiro atoms. The summed E-state index contributed by atoms with van der Waals surface area (Å²) < 4.78 is 0. The third-order valence-corrected chi connectivity index (χ3v) is 5.57. The molecule has 1 aromatic rings. The van der Waals surface area contributed by atoms with E-state index in [0.717, 1.165) is 13.1 Å². The van der Waals surface area contributed by atoms with Crippen molar-refractivity contribution in [3.8, 4) is 0 Å². The van der Waals surface area contributed by atoms with Crippen molar-refractivity contribution in [2.45, 2.75) is 35.8 Å². The largest absolute Gasteiger partial charge is 0.277 e. The Hall–Kier alpha value is -0.420. The van der Waals surface area contributed by atoms with E-state index in [-0.39, 0.29) is 0 Å². The summed E-state index contributed by atoms with van der Waals surface area (Å²) in [6.07, 6.45) is 9.11. The fourth-order valence-electron chi connectivity index (χ4n) is 3.30. The Morgan fingerprint density at radius 1 is 0.818 bits per heavy atom. The van der Waals surface area contributed by atoms with Crippen LogP contribution in [0.15, 0.2) is 48.6 Å². The highest BCUT2D eigenvalue weighted by Crippen LogP contribution is 2.34. The second kappa shape index (κ2) is 7.00. The molecule has 0 saturated heterocycles. The summed E-state index contributed by atoms with van der Waals surface area (Å²) in [5.74, 6) is 0. The molecule has 118 valence electrons. The lowest BCUT2D eigenvalue weighted by Crippen LogP contribution is -2.29. The predicted molar refractivity (Wildman–Crippen MR) is 100 cm³/mol. The molecule has 0 amide bonds. The topological polar surface area (TPSA) is 6.48 Å². The van der Waals surface area contributed by atoms with Gasteiger partial charge in [0.2, 0.25) is 0 Å². The maximum absolute atomic E-state index is 3.70. The summed E-state index contributed by atoms with van der Waals surface area (Å²) >= 11 is 7.39. The van der Waals surface area contributed by atoms with E-state index in [1.165, 1.54) is 11.1 Å². The summed E-state index contributed by atoms with van der Waals surface area (Å²) in [6.45, 7) is 6.40. The molecule has 2 aliphatic rings. The van der Waals surface area contributed by atoms with Crippen molar-refractivity contribution >= 4 is 31.9 Å². The van der Waals surface area contributed by atoms with E-state index in [9.17, 15) is 0 Å². The second-order valence-corrected chi connectivity index (χ2v) is 8.60. The zero-order valence-electron chi connectivity index (χ0n) is 13.0. The van der Waals surface area contributed by atoms with Gasteiger partial charge in [-0.25, -0.2) is 0 Å². The van der Waals surface area contributed by atoms with Crippen LogP contribution < -0.4 is 0 Å². The molecule has 0 fully saturated rings. The van der Waals surface area contributed by atoms with Crippen LogP contribution in [0.4, 0.5) is 0 Å². The minimum atomic E-state index is 0.383. The molecule has 22 heavy (non-hydrogen) atoms. The Morgan fingerprint density at radius 3 is 1.50 bits per heavy atom. The Morgan fingerprint density at radius 2 is 1.18 bits per heavy atom. The number of rotatable bonds is 4. The van der Waals surface area contributed by atoms with Crippen LogP contribution in [-0.4, -0.2) is 32.8 Å². The fourth-order valence-corrected chi connectivity index (χ4v) is 4.14. The molecule has 2 heterocycles. The lowest BCUT2D eigenvalue weighted by Gasteiger charge is -2.29. The van der Waals surface area contributed by atoms with Crippen LogP contribution in [0.3, 0.4) is 0 Å². The first-order valence-electron chi connectivity index (χ1n) is 7.80. The molecule has 3 rings (SSSR count). The molecular weight excluding hydrogens is 404 g/mol. The molecule has 4 atom stereocenters. The van der Waals surface area contributed by atoms with Crippen LogP contribution in [0.1, 0.15) is 37.1 Å². The third kappa shape index (κ3) is 3.25. The lowest BCUT2D eigenvalue weighted by atomic mass is 10.0. The van der Waals surface area contributed by atoms with Gasteiger partial charge in [-0.1, -0.05) is 80.4 Å². The minimum absolute atomic E-state index is 0.383. The van der Waals surface area contributed by atoms with Crippen LogP contribution in [0.25, 0.3) is 0 Å². The number of alkyl halides is 2. The van der Waals surface area contributed by atoms with Gasteiger partial charge in [0.05, 0.1) is 22.0 Å². The zero-order valence-corrected chi connectivity index (χ0v) is 16.2.